The summed E-state index contributed by atoms with van der Waals surface area (Å²) >= 11 is 1.53. The van der Waals surface area contributed by atoms with Gasteiger partial charge in [-0.2, -0.15) is 0 Å². The number of aromatic nitrogens is 2. The predicted octanol–water partition coefficient (Wildman–Crippen LogP) is 3.40. The van der Waals surface area contributed by atoms with Gasteiger partial charge in [0.2, 0.25) is 0 Å². The van der Waals surface area contributed by atoms with Gasteiger partial charge in [0.25, 0.3) is 5.91 Å². The number of nitrogens with one attached hydrogen (secondary N) is 1. The standard InChI is InChI=1S/C17H14N4OS/c1-21-15(19-12-7-3-2-6-11(12)17(21)22)14-10-23-16(20-14)13-8-4-5-9-18-13/h2-10,15,19H,1H3/t15-/m0/s1. The summed E-state index contributed by atoms with van der Waals surface area (Å²) in [6.07, 6.45) is 1.48. The molecule has 23 heavy (non-hydrogen) atoms. The van der Waals surface area contributed by atoms with Gasteiger partial charge in [0.1, 0.15) is 11.2 Å². The summed E-state index contributed by atoms with van der Waals surface area (Å²) in [5, 5.41) is 6.21. The number of nitrogens with zero attached hydrogens (tertiary/aromatic N) is 3. The second kappa shape index (κ2) is 5.48. The summed E-state index contributed by atoms with van der Waals surface area (Å²) in [6.45, 7) is 0. The Morgan fingerprint density at radius 1 is 1.17 bits per heavy atom. The molecule has 1 amide bonds. The Morgan fingerprint density at radius 2 is 2.00 bits per heavy atom. The summed E-state index contributed by atoms with van der Waals surface area (Å²) in [6, 6.07) is 13.3. The predicted molar refractivity (Wildman–Crippen MR) is 90.2 cm³/mol. The van der Waals surface area contributed by atoms with Crippen LogP contribution in [0.1, 0.15) is 22.2 Å². The Bertz CT molecular complexity index is 862. The lowest BCUT2D eigenvalue weighted by Crippen LogP contribution is -2.40. The summed E-state index contributed by atoms with van der Waals surface area (Å²) in [7, 11) is 1.79. The lowest BCUT2D eigenvalue weighted by atomic mass is 10.1. The first-order valence-electron chi connectivity index (χ1n) is 7.23. The first-order valence-corrected chi connectivity index (χ1v) is 8.11. The maximum absolute atomic E-state index is 12.5. The number of amides is 1. The van der Waals surface area contributed by atoms with E-state index >= 15 is 0 Å². The van der Waals surface area contributed by atoms with Crippen LogP contribution in [-0.2, 0) is 0 Å². The van der Waals surface area contributed by atoms with Crippen LogP contribution in [0.4, 0.5) is 5.69 Å². The first kappa shape index (κ1) is 13.9. The normalized spacial score (nSPS) is 16.8. The van der Waals surface area contributed by atoms with Gasteiger partial charge in [0.15, 0.2) is 0 Å². The van der Waals surface area contributed by atoms with Crippen LogP contribution in [0.25, 0.3) is 10.7 Å². The molecule has 4 rings (SSSR count). The lowest BCUT2D eigenvalue weighted by Gasteiger charge is -2.34. The summed E-state index contributed by atoms with van der Waals surface area (Å²) in [5.74, 6) is -0.00302. The highest BCUT2D eigenvalue weighted by molar-refractivity contribution is 7.13. The molecular formula is C17H14N4OS. The lowest BCUT2D eigenvalue weighted by molar-refractivity contribution is 0.0733. The van der Waals surface area contributed by atoms with Crippen molar-refractivity contribution in [3.05, 3.63) is 65.3 Å². The van der Waals surface area contributed by atoms with Crippen LogP contribution >= 0.6 is 11.3 Å². The molecule has 0 bridgehead atoms. The van der Waals surface area contributed by atoms with Crippen LogP contribution in [0, 0.1) is 0 Å². The number of hydrogen-bond donors (Lipinski definition) is 1. The van der Waals surface area contributed by atoms with E-state index in [1.807, 2.05) is 47.8 Å². The van der Waals surface area contributed by atoms with E-state index in [9.17, 15) is 4.79 Å². The molecule has 6 heteroatoms. The molecule has 0 spiro atoms. The van der Waals surface area contributed by atoms with Crippen molar-refractivity contribution in [2.24, 2.45) is 0 Å². The fourth-order valence-corrected chi connectivity index (χ4v) is 3.45. The van der Waals surface area contributed by atoms with Gasteiger partial charge in [-0.15, -0.1) is 11.3 Å². The largest absolute Gasteiger partial charge is 0.359 e. The van der Waals surface area contributed by atoms with Crippen LogP contribution in [0.3, 0.4) is 0 Å². The van der Waals surface area contributed by atoms with Crippen molar-refractivity contribution in [2.45, 2.75) is 6.17 Å². The van der Waals surface area contributed by atoms with Gasteiger partial charge >= 0.3 is 0 Å². The summed E-state index contributed by atoms with van der Waals surface area (Å²) < 4.78 is 0. The topological polar surface area (TPSA) is 58.1 Å². The summed E-state index contributed by atoms with van der Waals surface area (Å²) in [4.78, 5) is 23.2. The molecule has 0 aliphatic carbocycles. The van der Waals surface area contributed by atoms with Gasteiger partial charge in [0, 0.05) is 24.3 Å². The van der Waals surface area contributed by atoms with Crippen LogP contribution in [0.15, 0.2) is 54.0 Å². The van der Waals surface area contributed by atoms with Crippen molar-refractivity contribution in [3.8, 4) is 10.7 Å². The number of fused-ring (bicyclic) bond motifs is 1. The minimum atomic E-state index is -0.272. The smallest absolute Gasteiger partial charge is 0.257 e. The SMILES string of the molecule is CN1C(=O)c2ccccc2N[C@@H]1c1csc(-c2ccccn2)n1. The highest BCUT2D eigenvalue weighted by Gasteiger charge is 2.31. The van der Waals surface area contributed by atoms with E-state index in [0.717, 1.165) is 22.1 Å². The molecule has 0 fully saturated rings. The molecule has 1 aliphatic rings. The second-order valence-corrected chi connectivity index (χ2v) is 6.16. The first-order chi connectivity index (χ1) is 11.2. The van der Waals surface area contributed by atoms with Gasteiger partial charge in [-0.3, -0.25) is 9.78 Å². The zero-order valence-electron chi connectivity index (χ0n) is 12.4. The van der Waals surface area contributed by atoms with E-state index in [1.165, 1.54) is 11.3 Å². The Kier molecular flexibility index (Phi) is 3.31. The number of carbonyl (C=O) groups is 1. The number of carbonyl (C=O) groups excluding carboxylic acids is 1. The van der Waals surface area contributed by atoms with E-state index in [4.69, 9.17) is 0 Å². The fourth-order valence-electron chi connectivity index (χ4n) is 2.64. The van der Waals surface area contributed by atoms with Crippen molar-refractivity contribution in [2.75, 3.05) is 12.4 Å². The second-order valence-electron chi connectivity index (χ2n) is 5.30. The van der Waals surface area contributed by atoms with Crippen LogP contribution in [0.2, 0.25) is 0 Å². The molecule has 1 aromatic carbocycles. The minimum absolute atomic E-state index is 0.00302. The molecule has 0 saturated carbocycles. The quantitative estimate of drug-likeness (QED) is 0.785. The van der Waals surface area contributed by atoms with Gasteiger partial charge < -0.3 is 10.2 Å². The maximum Gasteiger partial charge on any atom is 0.257 e. The van der Waals surface area contributed by atoms with Gasteiger partial charge in [-0.1, -0.05) is 18.2 Å². The Labute approximate surface area is 137 Å². The van der Waals surface area contributed by atoms with E-state index in [-0.39, 0.29) is 12.1 Å². The molecule has 1 N–H and O–H groups in total. The van der Waals surface area contributed by atoms with E-state index in [1.54, 1.807) is 18.1 Å². The third-order valence-corrected chi connectivity index (χ3v) is 4.73. The van der Waals surface area contributed by atoms with Crippen molar-refractivity contribution in [3.63, 3.8) is 0 Å². The molecule has 1 aliphatic heterocycles. The molecule has 3 heterocycles. The fraction of sp³-hybridized carbons (Fsp3) is 0.118. The Hall–Kier alpha value is -2.73. The molecule has 0 radical (unpaired) electrons. The highest BCUT2D eigenvalue weighted by atomic mass is 32.1. The molecule has 3 aromatic rings. The number of rotatable bonds is 2. The molecule has 0 unspecified atom stereocenters. The Morgan fingerprint density at radius 3 is 2.83 bits per heavy atom. The third-order valence-electron chi connectivity index (χ3n) is 3.84. The zero-order valence-corrected chi connectivity index (χ0v) is 13.2. The average molecular weight is 322 g/mol. The zero-order chi connectivity index (χ0) is 15.8. The number of hydrogen-bond acceptors (Lipinski definition) is 5. The number of pyridine rings is 1. The Balaban J connectivity index is 1.69. The van der Waals surface area contributed by atoms with Crippen LogP contribution in [-0.4, -0.2) is 27.8 Å². The molecule has 2 aromatic heterocycles. The number of benzene rings is 1. The van der Waals surface area contributed by atoms with Crippen LogP contribution in [0.5, 0.6) is 0 Å². The van der Waals surface area contributed by atoms with E-state index in [0.29, 0.717) is 5.56 Å². The summed E-state index contributed by atoms with van der Waals surface area (Å²) in [5.41, 5.74) is 3.19. The van der Waals surface area contributed by atoms with E-state index < -0.39 is 0 Å². The van der Waals surface area contributed by atoms with E-state index in [2.05, 4.69) is 15.3 Å². The minimum Gasteiger partial charge on any atom is -0.359 e. The van der Waals surface area contributed by atoms with Crippen molar-refractivity contribution in [1.82, 2.24) is 14.9 Å². The van der Waals surface area contributed by atoms with Crippen LogP contribution < -0.4 is 5.32 Å². The number of para-hydroxylation sites is 1. The number of anilines is 1. The van der Waals surface area contributed by atoms with Crippen molar-refractivity contribution >= 4 is 22.9 Å². The molecular weight excluding hydrogens is 308 g/mol. The maximum atomic E-state index is 12.5. The molecule has 1 atom stereocenters. The number of thiazole rings is 1. The molecule has 5 nitrogen and oxygen atoms in total. The average Bonchev–Trinajstić information content (AvgIpc) is 3.09. The monoisotopic (exact) mass is 322 g/mol. The highest BCUT2D eigenvalue weighted by Crippen LogP contribution is 2.33. The third kappa shape index (κ3) is 2.37. The molecule has 0 saturated heterocycles. The van der Waals surface area contributed by atoms with Gasteiger partial charge in [-0.25, -0.2) is 4.98 Å². The van der Waals surface area contributed by atoms with Crippen molar-refractivity contribution < 1.29 is 4.79 Å². The molecule has 114 valence electrons. The van der Waals surface area contributed by atoms with Crippen molar-refractivity contribution in [1.29, 1.82) is 0 Å². The van der Waals surface area contributed by atoms with Gasteiger partial charge in [-0.05, 0) is 24.3 Å². The van der Waals surface area contributed by atoms with Gasteiger partial charge in [0.05, 0.1) is 17.0 Å².